The van der Waals surface area contributed by atoms with Crippen molar-refractivity contribution < 1.29 is 47.3 Å². The molecule has 1 N–H and O–H groups in total. The second-order valence-corrected chi connectivity index (χ2v) is 9.70. The molecule has 0 aliphatic heterocycles. The zero-order valence-corrected chi connectivity index (χ0v) is 23.4. The van der Waals surface area contributed by atoms with Crippen molar-refractivity contribution in [2.75, 3.05) is 13.2 Å². The van der Waals surface area contributed by atoms with E-state index in [4.69, 9.17) is 32.7 Å². The van der Waals surface area contributed by atoms with Crippen molar-refractivity contribution in [1.82, 2.24) is 0 Å². The topological polar surface area (TPSA) is 38.7 Å². The zero-order valence-electron chi connectivity index (χ0n) is 19.0. The molecule has 1 radical (unpaired) electrons. The van der Waals surface area contributed by atoms with Gasteiger partial charge >= 0.3 is 0 Å². The normalized spacial score (nSPS) is 22.7. The van der Waals surface area contributed by atoms with Crippen molar-refractivity contribution in [1.29, 1.82) is 0 Å². The van der Waals surface area contributed by atoms with Crippen molar-refractivity contribution in [2.45, 2.75) is 36.3 Å². The van der Waals surface area contributed by atoms with Crippen molar-refractivity contribution in [3.05, 3.63) is 102 Å². The molecule has 1 saturated carbocycles. The van der Waals surface area contributed by atoms with Crippen molar-refractivity contribution in [2.24, 2.45) is 11.8 Å². The standard InChI is InChI=1S/C28H29Cl2O3.Y/c29-26-16-23(18-32-17-21-10-5-2-6-11-21)25(28(26)30)19-33-24-13-7-12-22(15-24)27(31)14-20-8-3-1-4-9-20;/h1-5,7-13,15,23,25-28,31H,14,16-19H2;/q-1;/t23-,25-,26?,27?,28?;/m1./s1. The van der Waals surface area contributed by atoms with Crippen LogP contribution >= 0.6 is 23.2 Å². The second-order valence-electron chi connectivity index (χ2n) is 8.64. The van der Waals surface area contributed by atoms with E-state index in [1.54, 1.807) is 0 Å². The molecular weight excluding hydrogens is 544 g/mol. The van der Waals surface area contributed by atoms with Crippen LogP contribution in [-0.2, 0) is 50.5 Å². The summed E-state index contributed by atoms with van der Waals surface area (Å²) in [5, 5.41) is 10.4. The maximum Gasteiger partial charge on any atom is 0.119 e. The summed E-state index contributed by atoms with van der Waals surface area (Å²) in [4.78, 5) is 0. The van der Waals surface area contributed by atoms with Crippen LogP contribution < -0.4 is 4.74 Å². The van der Waals surface area contributed by atoms with Crippen LogP contribution in [0.2, 0.25) is 0 Å². The molecule has 1 aliphatic carbocycles. The molecular formula is C28H29Cl2O3Y-. The first-order chi connectivity index (χ1) is 16.1. The van der Waals surface area contributed by atoms with E-state index in [1.165, 1.54) is 0 Å². The van der Waals surface area contributed by atoms with Gasteiger partial charge < -0.3 is 14.6 Å². The van der Waals surface area contributed by atoms with Crippen LogP contribution in [0.5, 0.6) is 5.75 Å². The Morgan fingerprint density at radius 3 is 2.53 bits per heavy atom. The van der Waals surface area contributed by atoms with Crippen LogP contribution in [0.25, 0.3) is 0 Å². The average Bonchev–Trinajstić information content (AvgIpc) is 3.11. The van der Waals surface area contributed by atoms with Gasteiger partial charge in [-0.15, -0.1) is 28.8 Å². The molecule has 3 nitrogen and oxygen atoms in total. The predicted molar refractivity (Wildman–Crippen MR) is 133 cm³/mol. The first-order valence-corrected chi connectivity index (χ1v) is 12.2. The summed E-state index contributed by atoms with van der Waals surface area (Å²) in [5.74, 6) is 1.05. The molecule has 3 aromatic rings. The summed E-state index contributed by atoms with van der Waals surface area (Å²) in [5.41, 5.74) is 3.02. The molecule has 1 fully saturated rings. The fourth-order valence-corrected chi connectivity index (χ4v) is 5.15. The summed E-state index contributed by atoms with van der Waals surface area (Å²) in [6.45, 7) is 1.59. The molecule has 0 spiro atoms. The van der Waals surface area contributed by atoms with E-state index in [-0.39, 0.29) is 55.3 Å². The SMILES string of the molecule is OC(Cc1ccccc1)c1cccc(OC[C@H]2C(Cl)C(Cl)C[C@@H]2COCc2c[c-]ccc2)c1.[Y]. The maximum absolute atomic E-state index is 10.7. The van der Waals surface area contributed by atoms with Gasteiger partial charge in [0.05, 0.1) is 23.5 Å². The van der Waals surface area contributed by atoms with Gasteiger partial charge in [0.15, 0.2) is 0 Å². The minimum Gasteiger partial charge on any atom is -0.493 e. The molecule has 0 bridgehead atoms. The van der Waals surface area contributed by atoms with Gasteiger partial charge in [0, 0.05) is 58.3 Å². The Balaban J connectivity index is 0.00000324. The Labute approximate surface area is 237 Å². The molecule has 0 heterocycles. The first-order valence-electron chi connectivity index (χ1n) is 11.4. The number of aliphatic hydroxyl groups excluding tert-OH is 1. The van der Waals surface area contributed by atoms with E-state index < -0.39 is 6.10 Å². The summed E-state index contributed by atoms with van der Waals surface area (Å²) in [6.07, 6.45) is 0.774. The van der Waals surface area contributed by atoms with Crippen molar-refractivity contribution >= 4 is 23.2 Å². The van der Waals surface area contributed by atoms with E-state index >= 15 is 0 Å². The van der Waals surface area contributed by atoms with E-state index in [1.807, 2.05) is 78.9 Å². The summed E-state index contributed by atoms with van der Waals surface area (Å²) in [6, 6.07) is 28.5. The monoisotopic (exact) mass is 572 g/mol. The van der Waals surface area contributed by atoms with Crippen molar-refractivity contribution in [3.8, 4) is 5.75 Å². The van der Waals surface area contributed by atoms with Crippen LogP contribution in [0.3, 0.4) is 0 Å². The van der Waals surface area contributed by atoms with E-state index in [2.05, 4.69) is 6.07 Å². The fourth-order valence-electron chi connectivity index (χ4n) is 4.35. The van der Waals surface area contributed by atoms with Gasteiger partial charge in [-0.2, -0.15) is 30.3 Å². The van der Waals surface area contributed by atoms with Crippen LogP contribution in [0.4, 0.5) is 0 Å². The van der Waals surface area contributed by atoms with Crippen LogP contribution in [0, 0.1) is 17.9 Å². The number of alkyl halides is 2. The Hall–Kier alpha value is -0.936. The number of halogens is 2. The number of rotatable bonds is 10. The Morgan fingerprint density at radius 2 is 1.76 bits per heavy atom. The third-order valence-electron chi connectivity index (χ3n) is 6.22. The summed E-state index contributed by atoms with van der Waals surface area (Å²) >= 11 is 13.1. The van der Waals surface area contributed by atoms with E-state index in [9.17, 15) is 5.11 Å². The molecule has 3 aromatic carbocycles. The van der Waals surface area contributed by atoms with Crippen LogP contribution in [-0.4, -0.2) is 29.1 Å². The fraction of sp³-hybridized carbons (Fsp3) is 0.357. The van der Waals surface area contributed by atoms with Gasteiger partial charge in [0.2, 0.25) is 0 Å². The predicted octanol–water partition coefficient (Wildman–Crippen LogP) is 6.21. The zero-order chi connectivity index (χ0) is 23.0. The maximum atomic E-state index is 10.7. The van der Waals surface area contributed by atoms with E-state index in [0.717, 1.165) is 28.9 Å². The molecule has 0 aromatic heterocycles. The number of ether oxygens (including phenoxy) is 2. The minimum absolute atomic E-state index is 0. The van der Waals surface area contributed by atoms with Gasteiger partial charge in [0.1, 0.15) is 5.75 Å². The Bertz CT molecular complexity index is 989. The molecule has 177 valence electrons. The van der Waals surface area contributed by atoms with Crippen LogP contribution in [0.1, 0.15) is 29.2 Å². The van der Waals surface area contributed by atoms with Crippen molar-refractivity contribution in [3.63, 3.8) is 0 Å². The molecule has 1 aliphatic rings. The van der Waals surface area contributed by atoms with Gasteiger partial charge in [-0.05, 0) is 35.6 Å². The third-order valence-corrected chi connectivity index (χ3v) is 7.42. The van der Waals surface area contributed by atoms with E-state index in [0.29, 0.717) is 26.2 Å². The third kappa shape index (κ3) is 7.78. The number of hydrogen-bond acceptors (Lipinski definition) is 3. The van der Waals surface area contributed by atoms with Gasteiger partial charge in [-0.1, -0.05) is 42.5 Å². The Morgan fingerprint density at radius 1 is 0.971 bits per heavy atom. The number of hydrogen-bond donors (Lipinski definition) is 1. The van der Waals surface area contributed by atoms with Gasteiger partial charge in [-0.3, -0.25) is 0 Å². The summed E-state index contributed by atoms with van der Waals surface area (Å²) in [7, 11) is 0. The molecule has 5 atom stereocenters. The molecule has 4 rings (SSSR count). The van der Waals surface area contributed by atoms with Gasteiger partial charge in [-0.25, -0.2) is 0 Å². The second kappa shape index (κ2) is 14.0. The average molecular weight is 573 g/mol. The smallest absolute Gasteiger partial charge is 0.119 e. The van der Waals surface area contributed by atoms with Gasteiger partial charge in [0.25, 0.3) is 0 Å². The first kappa shape index (κ1) is 27.6. The Kier molecular flexibility index (Phi) is 11.4. The number of benzene rings is 3. The quantitative estimate of drug-likeness (QED) is 0.232. The summed E-state index contributed by atoms with van der Waals surface area (Å²) < 4.78 is 12.1. The molecule has 34 heavy (non-hydrogen) atoms. The molecule has 3 unspecified atom stereocenters. The molecule has 6 heteroatoms. The number of aliphatic hydroxyl groups is 1. The minimum atomic E-state index is -0.591. The largest absolute Gasteiger partial charge is 0.493 e. The van der Waals surface area contributed by atoms with Crippen LogP contribution in [0.15, 0.2) is 78.9 Å². The molecule has 0 amide bonds. The molecule has 0 saturated heterocycles.